The largest absolute Gasteiger partial charge is 0.488 e. The lowest BCUT2D eigenvalue weighted by Gasteiger charge is -2.15. The van der Waals surface area contributed by atoms with Gasteiger partial charge in [-0.15, -0.1) is 0 Å². The third-order valence-corrected chi connectivity index (χ3v) is 4.30. The van der Waals surface area contributed by atoms with E-state index in [1.165, 1.54) is 6.07 Å². The van der Waals surface area contributed by atoms with E-state index in [0.29, 0.717) is 37.9 Å². The second-order valence-electron chi connectivity index (χ2n) is 6.54. The summed E-state index contributed by atoms with van der Waals surface area (Å²) in [7, 11) is 0. The summed E-state index contributed by atoms with van der Waals surface area (Å²) in [5.74, 6) is 0.418. The Morgan fingerprint density at radius 1 is 0.750 bits per heavy atom. The molecule has 1 unspecified atom stereocenters. The van der Waals surface area contributed by atoms with Gasteiger partial charge in [0.2, 0.25) is 0 Å². The highest BCUT2D eigenvalue weighted by atomic mass is 19.1. The van der Waals surface area contributed by atoms with Crippen LogP contribution in [0.15, 0.2) is 72.8 Å². The minimum Gasteiger partial charge on any atom is -0.488 e. The fraction of sp³-hybridized carbons (Fsp3) is 0.217. The van der Waals surface area contributed by atoms with E-state index in [2.05, 4.69) is 0 Å². The van der Waals surface area contributed by atoms with E-state index in [9.17, 15) is 4.39 Å². The normalized spacial score (nSPS) is 15.1. The van der Waals surface area contributed by atoms with Gasteiger partial charge in [-0.3, -0.25) is 0 Å². The highest BCUT2D eigenvalue weighted by Gasteiger charge is 2.24. The summed E-state index contributed by atoms with van der Waals surface area (Å²) in [4.78, 5) is 0. The van der Waals surface area contributed by atoms with Gasteiger partial charge in [0, 0.05) is 12.1 Å². The van der Waals surface area contributed by atoms with E-state index < -0.39 is 5.82 Å². The lowest BCUT2D eigenvalue weighted by molar-refractivity contribution is 0.238. The smallest absolute Gasteiger partial charge is 0.169 e. The number of benzene rings is 3. The average Bonchev–Trinajstić information content (AvgIpc) is 3.56. The van der Waals surface area contributed by atoms with Crippen LogP contribution in [0.5, 0.6) is 17.2 Å². The number of epoxide rings is 1. The van der Waals surface area contributed by atoms with Crippen molar-refractivity contribution in [1.82, 2.24) is 0 Å². The fourth-order valence-electron chi connectivity index (χ4n) is 2.67. The van der Waals surface area contributed by atoms with Gasteiger partial charge in [-0.2, -0.15) is 0 Å². The Morgan fingerprint density at radius 3 is 1.82 bits per heavy atom. The highest BCUT2D eigenvalue weighted by Crippen LogP contribution is 2.35. The van der Waals surface area contributed by atoms with Crippen molar-refractivity contribution in [1.29, 1.82) is 0 Å². The predicted molar refractivity (Wildman–Crippen MR) is 103 cm³/mol. The third kappa shape index (κ3) is 5.02. The molecular formula is C23H21FO4. The zero-order chi connectivity index (χ0) is 19.2. The Balaban J connectivity index is 1.51. The van der Waals surface area contributed by atoms with Gasteiger partial charge < -0.3 is 18.9 Å². The second kappa shape index (κ2) is 8.76. The summed E-state index contributed by atoms with van der Waals surface area (Å²) in [5.41, 5.74) is 2.00. The molecule has 1 aliphatic rings. The Kier molecular flexibility index (Phi) is 5.73. The summed E-state index contributed by atoms with van der Waals surface area (Å²) in [5, 5.41) is 0. The molecule has 4 rings (SSSR count). The van der Waals surface area contributed by atoms with E-state index in [0.717, 1.165) is 11.1 Å². The van der Waals surface area contributed by atoms with Crippen LogP contribution in [0.1, 0.15) is 11.1 Å². The van der Waals surface area contributed by atoms with E-state index in [1.54, 1.807) is 6.07 Å². The van der Waals surface area contributed by atoms with Crippen molar-refractivity contribution in [3.05, 3.63) is 89.7 Å². The third-order valence-electron chi connectivity index (χ3n) is 4.30. The van der Waals surface area contributed by atoms with Crippen LogP contribution in [-0.4, -0.2) is 19.3 Å². The molecular weight excluding hydrogens is 359 g/mol. The molecule has 4 nitrogen and oxygen atoms in total. The summed E-state index contributed by atoms with van der Waals surface area (Å²) in [6.07, 6.45) is 0.0436. The summed E-state index contributed by atoms with van der Waals surface area (Å²) >= 11 is 0. The molecule has 144 valence electrons. The minimum absolute atomic E-state index is 0.0436. The van der Waals surface area contributed by atoms with E-state index in [1.807, 2.05) is 60.7 Å². The molecule has 28 heavy (non-hydrogen) atoms. The number of halogens is 1. The molecule has 0 saturated carbocycles. The molecule has 0 amide bonds. The van der Waals surface area contributed by atoms with Gasteiger partial charge in [0.1, 0.15) is 25.9 Å². The van der Waals surface area contributed by atoms with Crippen LogP contribution in [0.4, 0.5) is 4.39 Å². The molecule has 1 fully saturated rings. The fourth-order valence-corrected chi connectivity index (χ4v) is 2.67. The summed E-state index contributed by atoms with van der Waals surface area (Å²) in [6, 6.07) is 22.3. The van der Waals surface area contributed by atoms with Crippen LogP contribution in [0.3, 0.4) is 0 Å². The van der Waals surface area contributed by atoms with Gasteiger partial charge in [-0.25, -0.2) is 4.39 Å². The molecule has 1 atom stereocenters. The molecule has 0 radical (unpaired) electrons. The van der Waals surface area contributed by atoms with Gasteiger partial charge in [0.25, 0.3) is 0 Å². The zero-order valence-corrected chi connectivity index (χ0v) is 15.3. The quantitative estimate of drug-likeness (QED) is 0.502. The van der Waals surface area contributed by atoms with Crippen LogP contribution in [0.25, 0.3) is 0 Å². The number of hydrogen-bond donors (Lipinski definition) is 0. The van der Waals surface area contributed by atoms with Crippen LogP contribution in [0.2, 0.25) is 0 Å². The lowest BCUT2D eigenvalue weighted by atomic mass is 10.2. The maximum atomic E-state index is 14.5. The van der Waals surface area contributed by atoms with Gasteiger partial charge in [0.15, 0.2) is 23.1 Å². The van der Waals surface area contributed by atoms with Crippen molar-refractivity contribution < 1.29 is 23.3 Å². The van der Waals surface area contributed by atoms with Gasteiger partial charge >= 0.3 is 0 Å². The Hall–Kier alpha value is -3.05. The molecule has 1 saturated heterocycles. The first-order valence-corrected chi connectivity index (χ1v) is 9.19. The zero-order valence-electron chi connectivity index (χ0n) is 15.3. The molecule has 0 N–H and O–H groups in total. The van der Waals surface area contributed by atoms with Crippen LogP contribution >= 0.6 is 0 Å². The Labute approximate surface area is 163 Å². The van der Waals surface area contributed by atoms with Crippen molar-refractivity contribution >= 4 is 0 Å². The van der Waals surface area contributed by atoms with Crippen molar-refractivity contribution in [2.24, 2.45) is 0 Å². The van der Waals surface area contributed by atoms with Gasteiger partial charge in [0.05, 0.1) is 6.61 Å². The monoisotopic (exact) mass is 380 g/mol. The van der Waals surface area contributed by atoms with Crippen LogP contribution in [-0.2, 0) is 18.0 Å². The van der Waals surface area contributed by atoms with E-state index in [4.69, 9.17) is 18.9 Å². The number of ether oxygens (including phenoxy) is 4. The molecule has 5 heteroatoms. The summed E-state index contributed by atoms with van der Waals surface area (Å²) in [6.45, 7) is 1.63. The highest BCUT2D eigenvalue weighted by molar-refractivity contribution is 5.47. The topological polar surface area (TPSA) is 40.2 Å². The minimum atomic E-state index is -0.490. The van der Waals surface area contributed by atoms with Gasteiger partial charge in [-0.1, -0.05) is 60.7 Å². The van der Waals surface area contributed by atoms with Gasteiger partial charge in [-0.05, 0) is 11.1 Å². The Bertz CT molecular complexity index is 895. The standard InChI is InChI=1S/C23H21FO4/c24-20-11-22(26-13-17-7-3-1-4-8-17)23(12-21(20)28-16-19-15-25-19)27-14-18-9-5-2-6-10-18/h1-12,19H,13-16H2. The Morgan fingerprint density at radius 2 is 1.29 bits per heavy atom. The predicted octanol–water partition coefficient (Wildman–Crippen LogP) is 4.76. The van der Waals surface area contributed by atoms with Crippen LogP contribution in [0, 0.1) is 5.82 Å². The SMILES string of the molecule is Fc1cc(OCc2ccccc2)c(OCc2ccccc2)cc1OCC1CO1. The number of hydrogen-bond acceptors (Lipinski definition) is 4. The maximum Gasteiger partial charge on any atom is 0.169 e. The number of rotatable bonds is 9. The maximum absolute atomic E-state index is 14.5. The molecule has 3 aromatic carbocycles. The van der Waals surface area contributed by atoms with Crippen molar-refractivity contribution in [2.45, 2.75) is 19.3 Å². The van der Waals surface area contributed by atoms with Crippen molar-refractivity contribution in [3.63, 3.8) is 0 Å². The van der Waals surface area contributed by atoms with Crippen LogP contribution < -0.4 is 14.2 Å². The molecule has 1 heterocycles. The molecule has 1 aliphatic heterocycles. The first-order valence-electron chi connectivity index (χ1n) is 9.19. The first-order chi connectivity index (χ1) is 13.8. The van der Waals surface area contributed by atoms with Crippen molar-refractivity contribution in [2.75, 3.05) is 13.2 Å². The molecule has 0 aliphatic carbocycles. The van der Waals surface area contributed by atoms with E-state index in [-0.39, 0.29) is 11.9 Å². The van der Waals surface area contributed by atoms with Crippen molar-refractivity contribution in [3.8, 4) is 17.2 Å². The molecule has 3 aromatic rings. The average molecular weight is 380 g/mol. The molecule has 0 spiro atoms. The second-order valence-corrected chi connectivity index (χ2v) is 6.54. The molecule has 0 aromatic heterocycles. The molecule has 0 bridgehead atoms. The lowest BCUT2D eigenvalue weighted by Crippen LogP contribution is -2.07. The first kappa shape index (κ1) is 18.3. The van der Waals surface area contributed by atoms with E-state index >= 15 is 0 Å². The summed E-state index contributed by atoms with van der Waals surface area (Å²) < 4.78 is 36.9.